The molecule has 1 heterocycles. The zero-order chi connectivity index (χ0) is 15.8. The summed E-state index contributed by atoms with van der Waals surface area (Å²) in [6.07, 6.45) is -4.17. The number of carbonyl (C=O) groups is 1. The summed E-state index contributed by atoms with van der Waals surface area (Å²) in [6.45, 7) is 2.06. The van der Waals surface area contributed by atoms with Crippen LogP contribution in [0.2, 0.25) is 5.02 Å². The molecule has 1 N–H and O–H groups in total. The lowest BCUT2D eigenvalue weighted by atomic mass is 9.83. The third kappa shape index (κ3) is 3.32. The lowest BCUT2D eigenvalue weighted by Crippen LogP contribution is -2.44. The van der Waals surface area contributed by atoms with Crippen LogP contribution in [-0.2, 0) is 16.6 Å². The first-order valence-electron chi connectivity index (χ1n) is 6.48. The predicted octanol–water partition coefficient (Wildman–Crippen LogP) is 3.19. The van der Waals surface area contributed by atoms with E-state index in [-0.39, 0.29) is 24.3 Å². The van der Waals surface area contributed by atoms with Crippen molar-refractivity contribution in [2.45, 2.75) is 31.5 Å². The number of piperidine rings is 1. The molecule has 1 fully saturated rings. The number of aliphatic hydroxyl groups is 1. The van der Waals surface area contributed by atoms with E-state index in [1.165, 1.54) is 13.0 Å². The summed E-state index contributed by atoms with van der Waals surface area (Å²) < 4.78 is 38.6. The molecule has 0 aromatic heterocycles. The van der Waals surface area contributed by atoms with Gasteiger partial charge in [0.15, 0.2) is 0 Å². The molecule has 1 saturated heterocycles. The molecule has 0 unspecified atom stereocenters. The number of rotatable bonds is 1. The van der Waals surface area contributed by atoms with E-state index in [0.717, 1.165) is 12.1 Å². The molecule has 0 aliphatic carbocycles. The van der Waals surface area contributed by atoms with Crippen molar-refractivity contribution in [1.82, 2.24) is 4.90 Å². The number of hydrogen-bond donors (Lipinski definition) is 1. The van der Waals surface area contributed by atoms with E-state index in [2.05, 4.69) is 0 Å². The Labute approximate surface area is 125 Å². The Bertz CT molecular complexity index is 552. The first-order valence-corrected chi connectivity index (χ1v) is 6.86. The summed E-state index contributed by atoms with van der Waals surface area (Å²) in [5, 5.41) is 10.2. The van der Waals surface area contributed by atoms with Gasteiger partial charge in [-0.2, -0.15) is 13.2 Å². The van der Waals surface area contributed by atoms with Gasteiger partial charge in [-0.25, -0.2) is 0 Å². The van der Waals surface area contributed by atoms with Gasteiger partial charge >= 0.3 is 6.18 Å². The van der Waals surface area contributed by atoms with Crippen LogP contribution in [0.25, 0.3) is 0 Å². The first-order chi connectivity index (χ1) is 9.63. The second kappa shape index (κ2) is 5.50. The second-order valence-electron chi connectivity index (χ2n) is 5.23. The molecule has 3 nitrogen and oxygen atoms in total. The summed E-state index contributed by atoms with van der Waals surface area (Å²) in [6, 6.07) is 3.45. The number of nitrogens with zero attached hydrogens (tertiary/aromatic N) is 1. The number of amides is 1. The molecule has 2 rings (SSSR count). The summed E-state index contributed by atoms with van der Waals surface area (Å²) in [5.74, 6) is -0.107. The lowest BCUT2D eigenvalue weighted by Gasteiger charge is -2.38. The third-order valence-corrected chi connectivity index (χ3v) is 4.17. The van der Waals surface area contributed by atoms with Crippen molar-refractivity contribution in [2.75, 3.05) is 13.1 Å². The minimum absolute atomic E-state index is 0.107. The normalized spacial score (nSPS) is 18.7. The van der Waals surface area contributed by atoms with Crippen molar-refractivity contribution in [3.8, 4) is 0 Å². The molecule has 0 radical (unpaired) electrons. The summed E-state index contributed by atoms with van der Waals surface area (Å²) in [4.78, 5) is 12.8. The van der Waals surface area contributed by atoms with Crippen LogP contribution in [0.4, 0.5) is 13.2 Å². The molecule has 1 aliphatic rings. The third-order valence-electron chi connectivity index (χ3n) is 3.85. The van der Waals surface area contributed by atoms with Gasteiger partial charge in [-0.3, -0.25) is 4.79 Å². The number of halogens is 4. The van der Waals surface area contributed by atoms with E-state index in [4.69, 9.17) is 11.6 Å². The Hall–Kier alpha value is -1.27. The van der Waals surface area contributed by atoms with E-state index in [0.29, 0.717) is 13.1 Å². The van der Waals surface area contributed by atoms with Crippen molar-refractivity contribution in [2.24, 2.45) is 0 Å². The largest absolute Gasteiger partial charge is 0.417 e. The molecule has 0 spiro atoms. The van der Waals surface area contributed by atoms with Crippen molar-refractivity contribution in [3.63, 3.8) is 0 Å². The fourth-order valence-electron chi connectivity index (χ4n) is 2.51. The summed E-state index contributed by atoms with van der Waals surface area (Å²) in [7, 11) is 0. The van der Waals surface area contributed by atoms with Crippen LogP contribution in [0.1, 0.15) is 30.9 Å². The van der Waals surface area contributed by atoms with Gasteiger partial charge < -0.3 is 10.0 Å². The molecule has 21 heavy (non-hydrogen) atoms. The number of carbonyl (C=O) groups excluding carboxylic acids is 1. The molecule has 0 bridgehead atoms. The fourth-order valence-corrected chi connectivity index (χ4v) is 2.74. The number of benzene rings is 1. The molecule has 7 heteroatoms. The molecule has 1 aliphatic heterocycles. The highest BCUT2D eigenvalue weighted by atomic mass is 35.5. The minimum Gasteiger partial charge on any atom is -0.385 e. The van der Waals surface area contributed by atoms with Crippen molar-refractivity contribution >= 4 is 17.5 Å². The van der Waals surface area contributed by atoms with Crippen LogP contribution in [0.3, 0.4) is 0 Å². The summed E-state index contributed by atoms with van der Waals surface area (Å²) >= 11 is 5.58. The smallest absolute Gasteiger partial charge is 0.385 e. The van der Waals surface area contributed by atoms with E-state index in [1.807, 2.05) is 0 Å². The highest BCUT2D eigenvalue weighted by Crippen LogP contribution is 2.39. The Morgan fingerprint density at radius 2 is 1.90 bits per heavy atom. The molecule has 1 amide bonds. The van der Waals surface area contributed by atoms with Gasteiger partial charge in [-0.15, -0.1) is 0 Å². The van der Waals surface area contributed by atoms with Gasteiger partial charge in [0, 0.05) is 20.0 Å². The molecule has 1 aromatic carbocycles. The average molecular weight is 322 g/mol. The Kier molecular flexibility index (Phi) is 4.22. The highest BCUT2D eigenvalue weighted by Gasteiger charge is 2.38. The van der Waals surface area contributed by atoms with Crippen LogP contribution in [0.15, 0.2) is 18.2 Å². The van der Waals surface area contributed by atoms with Crippen LogP contribution in [0, 0.1) is 0 Å². The van der Waals surface area contributed by atoms with Crippen LogP contribution in [-0.4, -0.2) is 29.0 Å². The number of likely N-dealkylation sites (tertiary alicyclic amines) is 1. The van der Waals surface area contributed by atoms with Gasteiger partial charge in [-0.1, -0.05) is 17.7 Å². The van der Waals surface area contributed by atoms with Gasteiger partial charge in [0.25, 0.3) is 0 Å². The molecular weight excluding hydrogens is 307 g/mol. The quantitative estimate of drug-likeness (QED) is 0.863. The SMILES string of the molecule is CC(=O)N1CCC(O)(c2ccc(Cl)c(C(F)(F)F)c2)CC1. The Balaban J connectivity index is 2.28. The maximum Gasteiger partial charge on any atom is 0.417 e. The van der Waals surface area contributed by atoms with E-state index in [9.17, 15) is 23.1 Å². The van der Waals surface area contributed by atoms with E-state index in [1.54, 1.807) is 4.90 Å². The van der Waals surface area contributed by atoms with Crippen LogP contribution < -0.4 is 0 Å². The maximum atomic E-state index is 12.9. The molecule has 1 aromatic rings. The highest BCUT2D eigenvalue weighted by molar-refractivity contribution is 6.31. The van der Waals surface area contributed by atoms with Crippen LogP contribution >= 0.6 is 11.6 Å². The zero-order valence-electron chi connectivity index (χ0n) is 11.4. The van der Waals surface area contributed by atoms with Gasteiger partial charge in [0.2, 0.25) is 5.91 Å². The van der Waals surface area contributed by atoms with Gasteiger partial charge in [0.1, 0.15) is 0 Å². The zero-order valence-corrected chi connectivity index (χ0v) is 12.1. The number of hydrogen-bond acceptors (Lipinski definition) is 2. The monoisotopic (exact) mass is 321 g/mol. The summed E-state index contributed by atoms with van der Waals surface area (Å²) in [5.41, 5.74) is -2.14. The van der Waals surface area contributed by atoms with Gasteiger partial charge in [-0.05, 0) is 30.5 Å². The predicted molar refractivity (Wildman–Crippen MR) is 71.8 cm³/mol. The topological polar surface area (TPSA) is 40.5 Å². The number of alkyl halides is 3. The standard InChI is InChI=1S/C14H15ClF3NO2/c1-9(20)19-6-4-13(21,5-7-19)10-2-3-12(15)11(8-10)14(16,17)18/h2-3,8,21H,4-7H2,1H3. The van der Waals surface area contributed by atoms with Crippen LogP contribution in [0.5, 0.6) is 0 Å². The van der Waals surface area contributed by atoms with Gasteiger partial charge in [0.05, 0.1) is 16.2 Å². The maximum absolute atomic E-state index is 12.9. The fraction of sp³-hybridized carbons (Fsp3) is 0.500. The van der Waals surface area contributed by atoms with Crippen molar-refractivity contribution in [1.29, 1.82) is 0 Å². The van der Waals surface area contributed by atoms with E-state index < -0.39 is 22.4 Å². The van der Waals surface area contributed by atoms with Crippen molar-refractivity contribution < 1.29 is 23.1 Å². The molecule has 116 valence electrons. The lowest BCUT2D eigenvalue weighted by molar-refractivity contribution is -0.137. The van der Waals surface area contributed by atoms with E-state index >= 15 is 0 Å². The van der Waals surface area contributed by atoms with Crippen molar-refractivity contribution in [3.05, 3.63) is 34.3 Å². The Morgan fingerprint density at radius 1 is 1.33 bits per heavy atom. The Morgan fingerprint density at radius 3 is 2.38 bits per heavy atom. The second-order valence-corrected chi connectivity index (χ2v) is 5.64. The molecular formula is C14H15ClF3NO2. The first kappa shape index (κ1) is 16.1. The molecule has 0 saturated carbocycles. The minimum atomic E-state index is -4.57. The molecule has 0 atom stereocenters. The average Bonchev–Trinajstić information content (AvgIpc) is 2.38.